The van der Waals surface area contributed by atoms with Gasteiger partial charge in [-0.2, -0.15) is 0 Å². The van der Waals surface area contributed by atoms with E-state index >= 15 is 0 Å². The van der Waals surface area contributed by atoms with E-state index in [1.807, 2.05) is 48.2 Å². The number of aromatic nitrogens is 5. The van der Waals surface area contributed by atoms with Crippen LogP contribution in [0.2, 0.25) is 0 Å². The number of imidazole rings is 1. The second kappa shape index (κ2) is 5.68. The summed E-state index contributed by atoms with van der Waals surface area (Å²) in [6, 6.07) is 8.06. The maximum Gasteiger partial charge on any atom is 0.166 e. The highest BCUT2D eigenvalue weighted by molar-refractivity contribution is 7.09. The van der Waals surface area contributed by atoms with Crippen LogP contribution in [0.15, 0.2) is 36.1 Å². The monoisotopic (exact) mass is 336 g/mol. The van der Waals surface area contributed by atoms with Crippen LogP contribution in [0.5, 0.6) is 0 Å². The maximum absolute atomic E-state index is 6.02. The quantitative estimate of drug-likeness (QED) is 0.621. The van der Waals surface area contributed by atoms with Crippen LogP contribution in [-0.4, -0.2) is 24.5 Å². The SMILES string of the molecule is Cc1ccccc1-c1nc2c(N)ncn(Cc3scnc3C)c-2n1. The van der Waals surface area contributed by atoms with Gasteiger partial charge in [0.25, 0.3) is 0 Å². The summed E-state index contributed by atoms with van der Waals surface area (Å²) in [7, 11) is 0. The molecule has 7 heteroatoms. The third-order valence-electron chi connectivity index (χ3n) is 4.04. The fourth-order valence-electron chi connectivity index (χ4n) is 2.65. The third kappa shape index (κ3) is 2.43. The Labute approximate surface area is 143 Å². The lowest BCUT2D eigenvalue weighted by molar-refractivity contribution is 0.767. The smallest absolute Gasteiger partial charge is 0.166 e. The molecule has 4 rings (SSSR count). The molecule has 0 radical (unpaired) electrons. The molecule has 3 heterocycles. The van der Waals surface area contributed by atoms with E-state index in [2.05, 4.69) is 15.0 Å². The topological polar surface area (TPSA) is 82.5 Å². The van der Waals surface area contributed by atoms with Gasteiger partial charge in [-0.15, -0.1) is 11.3 Å². The van der Waals surface area contributed by atoms with Gasteiger partial charge in [0.05, 0.1) is 24.1 Å². The number of nitrogen functional groups attached to an aromatic ring is 1. The molecule has 1 aromatic heterocycles. The first kappa shape index (κ1) is 14.8. The van der Waals surface area contributed by atoms with Crippen molar-refractivity contribution in [1.29, 1.82) is 0 Å². The molecule has 2 aliphatic rings. The van der Waals surface area contributed by atoms with Gasteiger partial charge in [-0.1, -0.05) is 24.3 Å². The van der Waals surface area contributed by atoms with E-state index in [-0.39, 0.29) is 0 Å². The molecule has 0 unspecified atom stereocenters. The molecule has 6 nitrogen and oxygen atoms in total. The minimum Gasteiger partial charge on any atom is -0.382 e. The second-order valence-corrected chi connectivity index (χ2v) is 6.59. The maximum atomic E-state index is 6.02. The number of nitrogens with zero attached hydrogens (tertiary/aromatic N) is 5. The fraction of sp³-hybridized carbons (Fsp3) is 0.176. The Balaban J connectivity index is 1.84. The molecule has 24 heavy (non-hydrogen) atoms. The third-order valence-corrected chi connectivity index (χ3v) is 4.96. The van der Waals surface area contributed by atoms with Crippen LogP contribution in [-0.2, 0) is 6.54 Å². The highest BCUT2D eigenvalue weighted by Gasteiger charge is 2.20. The molecular formula is C17H16N6S. The van der Waals surface area contributed by atoms with Crippen molar-refractivity contribution in [3.05, 3.63) is 52.2 Å². The zero-order valence-electron chi connectivity index (χ0n) is 13.4. The van der Waals surface area contributed by atoms with Gasteiger partial charge in [-0.3, -0.25) is 0 Å². The van der Waals surface area contributed by atoms with Crippen LogP contribution in [0.4, 0.5) is 5.82 Å². The van der Waals surface area contributed by atoms with Crippen molar-refractivity contribution < 1.29 is 0 Å². The summed E-state index contributed by atoms with van der Waals surface area (Å²) >= 11 is 1.62. The molecule has 0 bridgehead atoms. The van der Waals surface area contributed by atoms with Gasteiger partial charge < -0.3 is 10.3 Å². The van der Waals surface area contributed by atoms with Crippen LogP contribution in [0.3, 0.4) is 0 Å². The average molecular weight is 336 g/mol. The Bertz CT molecular complexity index is 986. The highest BCUT2D eigenvalue weighted by Crippen LogP contribution is 2.30. The lowest BCUT2D eigenvalue weighted by Crippen LogP contribution is -2.09. The molecule has 1 aromatic carbocycles. The van der Waals surface area contributed by atoms with Crippen LogP contribution in [0.25, 0.3) is 22.9 Å². The van der Waals surface area contributed by atoms with Crippen molar-refractivity contribution >= 4 is 17.2 Å². The number of benzene rings is 1. The first-order chi connectivity index (χ1) is 11.6. The number of rotatable bonds is 3. The van der Waals surface area contributed by atoms with Crippen molar-refractivity contribution in [3.63, 3.8) is 0 Å². The van der Waals surface area contributed by atoms with E-state index < -0.39 is 0 Å². The molecule has 120 valence electrons. The molecule has 0 amide bonds. The van der Waals surface area contributed by atoms with Crippen molar-refractivity contribution in [2.45, 2.75) is 20.4 Å². The molecule has 2 aliphatic heterocycles. The second-order valence-electron chi connectivity index (χ2n) is 5.65. The Hall–Kier alpha value is -2.80. The number of hydrogen-bond acceptors (Lipinski definition) is 6. The largest absolute Gasteiger partial charge is 0.382 e. The summed E-state index contributed by atoms with van der Waals surface area (Å²) in [6.07, 6.45) is 1.72. The Kier molecular flexibility index (Phi) is 3.50. The summed E-state index contributed by atoms with van der Waals surface area (Å²) < 4.78 is 1.97. The summed E-state index contributed by atoms with van der Waals surface area (Å²) in [5.74, 6) is 1.82. The number of anilines is 1. The van der Waals surface area contributed by atoms with Crippen molar-refractivity contribution in [3.8, 4) is 22.9 Å². The number of thiazole rings is 1. The molecular weight excluding hydrogens is 320 g/mol. The fourth-order valence-corrected chi connectivity index (χ4v) is 3.42. The molecule has 0 saturated carbocycles. The predicted molar refractivity (Wildman–Crippen MR) is 95.0 cm³/mol. The number of fused-ring (bicyclic) bond motifs is 1. The van der Waals surface area contributed by atoms with Crippen LogP contribution >= 0.6 is 11.3 Å². The zero-order valence-corrected chi connectivity index (χ0v) is 14.2. The molecule has 2 aromatic rings. The van der Waals surface area contributed by atoms with Gasteiger partial charge >= 0.3 is 0 Å². The zero-order chi connectivity index (χ0) is 16.7. The number of aryl methyl sites for hydroxylation is 2. The average Bonchev–Trinajstić information content (AvgIpc) is 3.18. The van der Waals surface area contributed by atoms with E-state index in [1.54, 1.807) is 17.7 Å². The van der Waals surface area contributed by atoms with Crippen molar-refractivity contribution in [1.82, 2.24) is 24.5 Å². The van der Waals surface area contributed by atoms with E-state index in [0.717, 1.165) is 22.6 Å². The minimum atomic E-state index is 0.398. The van der Waals surface area contributed by atoms with E-state index in [0.29, 0.717) is 23.9 Å². The van der Waals surface area contributed by atoms with E-state index in [1.165, 1.54) is 4.88 Å². The van der Waals surface area contributed by atoms with Crippen LogP contribution in [0, 0.1) is 13.8 Å². The standard InChI is InChI=1S/C17H16N6S/c1-10-5-3-4-6-12(10)16-21-14-15(18)19-8-23(17(14)22-16)7-13-11(2)20-9-24-13/h3-6,8-9H,7,18H2,1-2H3. The molecule has 2 N–H and O–H groups in total. The summed E-state index contributed by atoms with van der Waals surface area (Å²) in [4.78, 5) is 19.1. The molecule has 0 spiro atoms. The highest BCUT2D eigenvalue weighted by atomic mass is 32.1. The molecule has 0 aliphatic carbocycles. The normalized spacial score (nSPS) is 11.2. The van der Waals surface area contributed by atoms with Crippen LogP contribution in [0.1, 0.15) is 16.1 Å². The van der Waals surface area contributed by atoms with Gasteiger partial charge in [-0.05, 0) is 19.4 Å². The first-order valence-corrected chi connectivity index (χ1v) is 8.45. The number of nitrogens with two attached hydrogens (primary N) is 1. The van der Waals surface area contributed by atoms with Gasteiger partial charge in [-0.25, -0.2) is 19.9 Å². The predicted octanol–water partition coefficient (Wildman–Crippen LogP) is 3.15. The lowest BCUT2D eigenvalue weighted by atomic mass is 10.1. The van der Waals surface area contributed by atoms with Gasteiger partial charge in [0.15, 0.2) is 23.2 Å². The van der Waals surface area contributed by atoms with E-state index in [4.69, 9.17) is 10.7 Å². The Morgan fingerprint density at radius 3 is 2.71 bits per heavy atom. The molecule has 0 saturated heterocycles. The van der Waals surface area contributed by atoms with Crippen LogP contribution < -0.4 is 5.73 Å². The minimum absolute atomic E-state index is 0.398. The molecule has 0 fully saturated rings. The summed E-state index contributed by atoms with van der Waals surface area (Å²) in [6.45, 7) is 4.71. The van der Waals surface area contributed by atoms with Gasteiger partial charge in [0.1, 0.15) is 0 Å². The van der Waals surface area contributed by atoms with Gasteiger partial charge in [0.2, 0.25) is 0 Å². The Morgan fingerprint density at radius 1 is 1.12 bits per heavy atom. The summed E-state index contributed by atoms with van der Waals surface area (Å²) in [5.41, 5.74) is 11.7. The van der Waals surface area contributed by atoms with Gasteiger partial charge in [0, 0.05) is 10.4 Å². The van der Waals surface area contributed by atoms with E-state index in [9.17, 15) is 0 Å². The first-order valence-electron chi connectivity index (χ1n) is 7.57. The Morgan fingerprint density at radius 2 is 1.96 bits per heavy atom. The summed E-state index contributed by atoms with van der Waals surface area (Å²) in [5, 5.41) is 0. The lowest BCUT2D eigenvalue weighted by Gasteiger charge is -2.10. The van der Waals surface area contributed by atoms with Crippen molar-refractivity contribution in [2.75, 3.05) is 5.73 Å². The number of hydrogen-bond donors (Lipinski definition) is 1. The molecule has 0 atom stereocenters. The van der Waals surface area contributed by atoms with Crippen molar-refractivity contribution in [2.24, 2.45) is 0 Å².